The molecule has 2 aromatic rings. The number of hydrogen-bond acceptors (Lipinski definition) is 7. The number of sulfonamides is 1. The molecule has 2 aromatic heterocycles. The van der Waals surface area contributed by atoms with Gasteiger partial charge in [0.25, 0.3) is 15.9 Å². The molecule has 1 aliphatic carbocycles. The highest BCUT2D eigenvalue weighted by molar-refractivity contribution is 7.90. The Balaban J connectivity index is 1.53. The third-order valence-electron chi connectivity index (χ3n) is 6.87. The van der Waals surface area contributed by atoms with Gasteiger partial charge in [0.2, 0.25) is 5.88 Å². The quantitative estimate of drug-likeness (QED) is 0.678. The van der Waals surface area contributed by atoms with E-state index in [1.165, 1.54) is 12.5 Å². The summed E-state index contributed by atoms with van der Waals surface area (Å²) < 4.78 is 33.6. The molecule has 1 unspecified atom stereocenters. The highest BCUT2D eigenvalue weighted by atomic mass is 32.2. The Morgan fingerprint density at radius 3 is 2.66 bits per heavy atom. The molecule has 1 atom stereocenters. The number of rotatable bonds is 7. The number of anilines is 1. The molecule has 1 amide bonds. The van der Waals surface area contributed by atoms with Crippen molar-refractivity contribution in [2.45, 2.75) is 57.0 Å². The number of aromatic nitrogens is 2. The minimum atomic E-state index is -4.18. The number of pyridine rings is 2. The normalized spacial score (nSPS) is 20.6. The molecule has 0 aromatic carbocycles. The Morgan fingerprint density at radius 2 is 2.00 bits per heavy atom. The number of ether oxygens (including phenoxy) is 1. The smallest absolute Gasteiger partial charge is 0.281 e. The number of nitrogens with one attached hydrogen (secondary N) is 1. The maximum atomic E-state index is 13.0. The van der Waals surface area contributed by atoms with Crippen LogP contribution in [0.5, 0.6) is 5.88 Å². The van der Waals surface area contributed by atoms with Crippen LogP contribution in [0, 0.1) is 11.8 Å². The first kappa shape index (κ1) is 22.5. The van der Waals surface area contributed by atoms with Crippen molar-refractivity contribution in [2.24, 2.45) is 11.8 Å². The van der Waals surface area contributed by atoms with Crippen molar-refractivity contribution in [3.05, 3.63) is 42.1 Å². The Bertz CT molecular complexity index is 1100. The molecule has 0 bridgehead atoms. The zero-order chi connectivity index (χ0) is 22.9. The Hall–Kier alpha value is -2.68. The summed E-state index contributed by atoms with van der Waals surface area (Å²) in [4.78, 5) is 23.6. The number of carbonyl (C=O) groups is 1. The lowest BCUT2D eigenvalue weighted by Gasteiger charge is -2.36. The molecule has 2 aliphatic rings. The second-order valence-corrected chi connectivity index (χ2v) is 10.9. The SMILES string of the molecule is CC1CCN(c2ncccc2C(=O)NS(=O)(=O)c2cccc(OCC3CCC3)n2)C1(C)C. The maximum Gasteiger partial charge on any atom is 0.281 e. The van der Waals surface area contributed by atoms with Gasteiger partial charge in [-0.1, -0.05) is 19.4 Å². The minimum Gasteiger partial charge on any atom is -0.477 e. The molecular formula is C23H30N4O4S. The van der Waals surface area contributed by atoms with E-state index in [1.54, 1.807) is 30.5 Å². The summed E-state index contributed by atoms with van der Waals surface area (Å²) in [6, 6.07) is 7.75. The monoisotopic (exact) mass is 458 g/mol. The van der Waals surface area contributed by atoms with E-state index >= 15 is 0 Å². The van der Waals surface area contributed by atoms with Gasteiger partial charge in [-0.15, -0.1) is 0 Å². The van der Waals surface area contributed by atoms with Gasteiger partial charge in [0.1, 0.15) is 5.82 Å². The van der Waals surface area contributed by atoms with E-state index in [-0.39, 0.29) is 22.0 Å². The number of amides is 1. The largest absolute Gasteiger partial charge is 0.477 e. The van der Waals surface area contributed by atoms with E-state index in [1.807, 2.05) is 0 Å². The first-order valence-electron chi connectivity index (χ1n) is 11.1. The Labute approximate surface area is 189 Å². The van der Waals surface area contributed by atoms with Crippen molar-refractivity contribution < 1.29 is 17.9 Å². The van der Waals surface area contributed by atoms with E-state index in [9.17, 15) is 13.2 Å². The van der Waals surface area contributed by atoms with Crippen molar-refractivity contribution >= 4 is 21.7 Å². The summed E-state index contributed by atoms with van der Waals surface area (Å²) in [7, 11) is -4.18. The third kappa shape index (κ3) is 4.44. The third-order valence-corrected chi connectivity index (χ3v) is 8.10. The molecule has 2 fully saturated rings. The summed E-state index contributed by atoms with van der Waals surface area (Å²) in [5.74, 6) is 0.905. The standard InChI is InChI=1S/C23H30N4O4S/c1-16-12-14-27(23(16,2)3)21-18(9-6-13-24-21)22(28)26-32(29,30)20-11-5-10-19(25-20)31-15-17-7-4-8-17/h5-6,9-11,13,16-17H,4,7-8,12,14-15H2,1-3H3,(H,26,28). The fourth-order valence-electron chi connectivity index (χ4n) is 4.12. The van der Waals surface area contributed by atoms with E-state index < -0.39 is 15.9 Å². The second kappa shape index (κ2) is 8.69. The predicted octanol–water partition coefficient (Wildman–Crippen LogP) is 3.40. The summed E-state index contributed by atoms with van der Waals surface area (Å²) in [6.45, 7) is 7.65. The molecule has 172 valence electrons. The van der Waals surface area contributed by atoms with Gasteiger partial charge in [0.05, 0.1) is 12.2 Å². The van der Waals surface area contributed by atoms with Crippen LogP contribution in [0.1, 0.15) is 56.8 Å². The van der Waals surface area contributed by atoms with Crippen LogP contribution in [0.2, 0.25) is 0 Å². The molecule has 3 heterocycles. The molecule has 1 saturated carbocycles. The summed E-state index contributed by atoms with van der Waals surface area (Å²) in [5, 5.41) is -0.252. The first-order valence-corrected chi connectivity index (χ1v) is 12.6. The van der Waals surface area contributed by atoms with Crippen LogP contribution in [-0.4, -0.2) is 43.0 Å². The lowest BCUT2D eigenvalue weighted by Crippen LogP contribution is -2.43. The predicted molar refractivity (Wildman–Crippen MR) is 121 cm³/mol. The highest BCUT2D eigenvalue weighted by Gasteiger charge is 2.40. The highest BCUT2D eigenvalue weighted by Crippen LogP contribution is 2.38. The molecule has 4 rings (SSSR count). The molecule has 1 N–H and O–H groups in total. The van der Waals surface area contributed by atoms with Gasteiger partial charge in [0, 0.05) is 24.3 Å². The lowest BCUT2D eigenvalue weighted by molar-refractivity contribution is 0.0981. The van der Waals surface area contributed by atoms with E-state index in [0.717, 1.165) is 25.8 Å². The Kier molecular flexibility index (Phi) is 6.11. The zero-order valence-electron chi connectivity index (χ0n) is 18.7. The number of hydrogen-bond donors (Lipinski definition) is 1. The van der Waals surface area contributed by atoms with Crippen LogP contribution in [0.3, 0.4) is 0 Å². The molecule has 9 heteroatoms. The van der Waals surface area contributed by atoms with E-state index in [2.05, 4.69) is 40.4 Å². The van der Waals surface area contributed by atoms with Gasteiger partial charge in [0.15, 0.2) is 5.03 Å². The van der Waals surface area contributed by atoms with Gasteiger partial charge < -0.3 is 9.64 Å². The van der Waals surface area contributed by atoms with Gasteiger partial charge in [-0.25, -0.2) is 9.71 Å². The average molecular weight is 459 g/mol. The van der Waals surface area contributed by atoms with Gasteiger partial charge in [-0.05, 0) is 63.1 Å². The number of nitrogens with zero attached hydrogens (tertiary/aromatic N) is 3. The van der Waals surface area contributed by atoms with Crippen LogP contribution in [0.25, 0.3) is 0 Å². The van der Waals surface area contributed by atoms with Gasteiger partial charge >= 0.3 is 0 Å². The average Bonchev–Trinajstić information content (AvgIpc) is 2.99. The van der Waals surface area contributed by atoms with E-state index in [0.29, 0.717) is 24.3 Å². The fourth-order valence-corrected chi connectivity index (χ4v) is 5.04. The molecule has 0 radical (unpaired) electrons. The summed E-state index contributed by atoms with van der Waals surface area (Å²) in [6.07, 6.45) is 6.03. The van der Waals surface area contributed by atoms with Crippen LogP contribution < -0.4 is 14.4 Å². The van der Waals surface area contributed by atoms with Crippen LogP contribution in [0.4, 0.5) is 5.82 Å². The lowest BCUT2D eigenvalue weighted by atomic mass is 9.86. The summed E-state index contributed by atoms with van der Waals surface area (Å²) >= 11 is 0. The molecular weight excluding hydrogens is 428 g/mol. The molecule has 32 heavy (non-hydrogen) atoms. The van der Waals surface area contributed by atoms with Crippen molar-refractivity contribution in [2.75, 3.05) is 18.1 Å². The molecule has 1 saturated heterocycles. The van der Waals surface area contributed by atoms with E-state index in [4.69, 9.17) is 4.74 Å². The van der Waals surface area contributed by atoms with Crippen LogP contribution >= 0.6 is 0 Å². The van der Waals surface area contributed by atoms with Crippen LogP contribution in [0.15, 0.2) is 41.6 Å². The molecule has 8 nitrogen and oxygen atoms in total. The molecule has 0 spiro atoms. The maximum absolute atomic E-state index is 13.0. The topological polar surface area (TPSA) is 101 Å². The first-order chi connectivity index (χ1) is 15.2. The molecule has 1 aliphatic heterocycles. The summed E-state index contributed by atoms with van der Waals surface area (Å²) in [5.41, 5.74) is 0.0197. The van der Waals surface area contributed by atoms with Crippen LogP contribution in [-0.2, 0) is 10.0 Å². The Morgan fingerprint density at radius 1 is 1.22 bits per heavy atom. The van der Waals surface area contributed by atoms with Crippen molar-refractivity contribution in [1.29, 1.82) is 0 Å². The second-order valence-electron chi connectivity index (χ2n) is 9.23. The van der Waals surface area contributed by atoms with Gasteiger partial charge in [-0.3, -0.25) is 4.79 Å². The minimum absolute atomic E-state index is 0.198. The zero-order valence-corrected chi connectivity index (χ0v) is 19.6. The van der Waals surface area contributed by atoms with Crippen molar-refractivity contribution in [3.63, 3.8) is 0 Å². The number of carbonyl (C=O) groups excluding carboxylic acids is 1. The van der Waals surface area contributed by atoms with Crippen molar-refractivity contribution in [1.82, 2.24) is 14.7 Å². The van der Waals surface area contributed by atoms with Crippen molar-refractivity contribution in [3.8, 4) is 5.88 Å². The fraction of sp³-hybridized carbons (Fsp3) is 0.522. The van der Waals surface area contributed by atoms with Gasteiger partial charge in [-0.2, -0.15) is 13.4 Å².